The fraction of sp³-hybridized carbons (Fsp3) is 0. The van der Waals surface area contributed by atoms with Crippen LogP contribution in [0.25, 0.3) is 0 Å². The van der Waals surface area contributed by atoms with Gasteiger partial charge in [0.15, 0.2) is 5.82 Å². The molecule has 5 nitrogen and oxygen atoms in total. The van der Waals surface area contributed by atoms with Crippen LogP contribution in [0.1, 0.15) is 0 Å². The van der Waals surface area contributed by atoms with Crippen molar-refractivity contribution in [3.63, 3.8) is 0 Å². The molecule has 0 bridgehead atoms. The molecular weight excluding hydrogens is 154 g/mol. The van der Waals surface area contributed by atoms with Crippen molar-refractivity contribution in [2.75, 3.05) is 5.32 Å². The highest BCUT2D eigenvalue weighted by Crippen LogP contribution is 2.07. The number of hydrogen-bond donors (Lipinski definition) is 2. The number of nitrogens with one attached hydrogen (secondary N) is 2. The van der Waals surface area contributed by atoms with E-state index < -0.39 is 0 Å². The maximum atomic E-state index is 4.06. The summed E-state index contributed by atoms with van der Waals surface area (Å²) < 4.78 is 0. The third-order valence-corrected chi connectivity index (χ3v) is 1.34. The van der Waals surface area contributed by atoms with E-state index in [-0.39, 0.29) is 0 Å². The molecule has 0 aromatic carbocycles. The first-order valence-electron chi connectivity index (χ1n) is 3.49. The van der Waals surface area contributed by atoms with Gasteiger partial charge in [-0.25, -0.2) is 4.98 Å². The molecular formula is C7H7N5. The van der Waals surface area contributed by atoms with Crippen LogP contribution < -0.4 is 5.32 Å². The summed E-state index contributed by atoms with van der Waals surface area (Å²) in [4.78, 5) is 4.06. The summed E-state index contributed by atoms with van der Waals surface area (Å²) >= 11 is 0. The van der Waals surface area contributed by atoms with Gasteiger partial charge in [0, 0.05) is 6.20 Å². The van der Waals surface area contributed by atoms with Gasteiger partial charge in [-0.15, -0.1) is 5.10 Å². The van der Waals surface area contributed by atoms with Crippen LogP contribution >= 0.6 is 0 Å². The van der Waals surface area contributed by atoms with Crippen LogP contribution in [-0.4, -0.2) is 20.4 Å². The Morgan fingerprint density at radius 3 is 2.92 bits per heavy atom. The van der Waals surface area contributed by atoms with Crippen LogP contribution in [0, 0.1) is 0 Å². The van der Waals surface area contributed by atoms with Crippen molar-refractivity contribution < 1.29 is 0 Å². The third-order valence-electron chi connectivity index (χ3n) is 1.34. The first-order chi connectivity index (χ1) is 5.95. The standard InChI is InChI=1S/C7H7N5/c1-2-4-8-6(3-1)10-7-5-9-12-11-7/h1-5H,(H2,8,9,10,11,12). The first kappa shape index (κ1) is 6.78. The Hall–Kier alpha value is -1.91. The van der Waals surface area contributed by atoms with Gasteiger partial charge in [0.2, 0.25) is 0 Å². The van der Waals surface area contributed by atoms with E-state index >= 15 is 0 Å². The molecule has 60 valence electrons. The summed E-state index contributed by atoms with van der Waals surface area (Å²) in [7, 11) is 0. The fourth-order valence-electron chi connectivity index (χ4n) is 0.830. The minimum Gasteiger partial charge on any atom is -0.322 e. The summed E-state index contributed by atoms with van der Waals surface area (Å²) in [5, 5.41) is 12.9. The molecule has 0 amide bonds. The predicted octanol–water partition coefficient (Wildman–Crippen LogP) is 0.943. The Kier molecular flexibility index (Phi) is 1.69. The van der Waals surface area contributed by atoms with E-state index in [2.05, 4.69) is 25.7 Å². The van der Waals surface area contributed by atoms with E-state index in [4.69, 9.17) is 0 Å². The molecule has 0 radical (unpaired) electrons. The van der Waals surface area contributed by atoms with E-state index in [9.17, 15) is 0 Å². The molecule has 2 aromatic heterocycles. The molecule has 0 saturated heterocycles. The largest absolute Gasteiger partial charge is 0.322 e. The second-order valence-corrected chi connectivity index (χ2v) is 2.20. The number of H-pyrrole nitrogens is 1. The normalized spacial score (nSPS) is 9.67. The van der Waals surface area contributed by atoms with Gasteiger partial charge in [-0.2, -0.15) is 10.3 Å². The molecule has 0 spiro atoms. The highest BCUT2D eigenvalue weighted by Gasteiger charge is 1.94. The number of aromatic amines is 1. The Bertz CT molecular complexity index is 328. The van der Waals surface area contributed by atoms with Crippen molar-refractivity contribution in [3.8, 4) is 0 Å². The highest BCUT2D eigenvalue weighted by molar-refractivity contribution is 5.48. The molecule has 0 fully saturated rings. The maximum Gasteiger partial charge on any atom is 0.173 e. The van der Waals surface area contributed by atoms with E-state index in [0.29, 0.717) is 5.82 Å². The lowest BCUT2D eigenvalue weighted by atomic mass is 10.4. The molecule has 2 heterocycles. The molecule has 0 aliphatic carbocycles. The summed E-state index contributed by atoms with van der Waals surface area (Å²) in [6.45, 7) is 0. The molecule has 0 unspecified atom stereocenters. The fourth-order valence-corrected chi connectivity index (χ4v) is 0.830. The van der Waals surface area contributed by atoms with Gasteiger partial charge < -0.3 is 5.32 Å². The number of anilines is 2. The molecule has 0 aliphatic heterocycles. The zero-order valence-electron chi connectivity index (χ0n) is 6.23. The molecule has 2 aromatic rings. The molecule has 12 heavy (non-hydrogen) atoms. The number of aromatic nitrogens is 4. The lowest BCUT2D eigenvalue weighted by molar-refractivity contribution is 0.941. The molecule has 2 rings (SSSR count). The van der Waals surface area contributed by atoms with Crippen LogP contribution in [-0.2, 0) is 0 Å². The molecule has 2 N–H and O–H groups in total. The zero-order valence-corrected chi connectivity index (χ0v) is 6.23. The number of hydrogen-bond acceptors (Lipinski definition) is 4. The summed E-state index contributed by atoms with van der Waals surface area (Å²) in [6.07, 6.45) is 3.30. The average molecular weight is 161 g/mol. The Morgan fingerprint density at radius 1 is 1.25 bits per heavy atom. The van der Waals surface area contributed by atoms with Crippen LogP contribution in [0.4, 0.5) is 11.6 Å². The molecule has 0 saturated carbocycles. The van der Waals surface area contributed by atoms with E-state index in [0.717, 1.165) is 5.82 Å². The summed E-state index contributed by atoms with van der Waals surface area (Å²) in [5.74, 6) is 1.42. The molecule has 0 aliphatic rings. The van der Waals surface area contributed by atoms with Gasteiger partial charge in [-0.05, 0) is 12.1 Å². The average Bonchev–Trinajstić information content (AvgIpc) is 2.59. The van der Waals surface area contributed by atoms with E-state index in [1.54, 1.807) is 12.4 Å². The zero-order chi connectivity index (χ0) is 8.23. The van der Waals surface area contributed by atoms with Gasteiger partial charge in [0.05, 0.1) is 6.20 Å². The summed E-state index contributed by atoms with van der Waals surface area (Å²) in [5.41, 5.74) is 0. The SMILES string of the molecule is c1ccc(Nc2cn[nH]n2)nc1. The van der Waals surface area contributed by atoms with Gasteiger partial charge in [0.1, 0.15) is 5.82 Å². The Balaban J connectivity index is 2.15. The number of pyridine rings is 1. The van der Waals surface area contributed by atoms with Crippen molar-refractivity contribution in [2.45, 2.75) is 0 Å². The van der Waals surface area contributed by atoms with Crippen molar-refractivity contribution in [2.24, 2.45) is 0 Å². The van der Waals surface area contributed by atoms with Gasteiger partial charge >= 0.3 is 0 Å². The van der Waals surface area contributed by atoms with Crippen LogP contribution in [0.15, 0.2) is 30.6 Å². The second-order valence-electron chi connectivity index (χ2n) is 2.20. The van der Waals surface area contributed by atoms with Crippen molar-refractivity contribution >= 4 is 11.6 Å². The first-order valence-corrected chi connectivity index (χ1v) is 3.49. The van der Waals surface area contributed by atoms with Gasteiger partial charge in [0.25, 0.3) is 0 Å². The van der Waals surface area contributed by atoms with Gasteiger partial charge in [-0.1, -0.05) is 6.07 Å². The van der Waals surface area contributed by atoms with Crippen molar-refractivity contribution in [1.82, 2.24) is 20.4 Å². The predicted molar refractivity (Wildman–Crippen MR) is 43.9 cm³/mol. The Labute approximate surface area is 68.8 Å². The smallest absolute Gasteiger partial charge is 0.173 e. The maximum absolute atomic E-state index is 4.06. The van der Waals surface area contributed by atoms with E-state index in [1.165, 1.54) is 0 Å². The highest BCUT2D eigenvalue weighted by atomic mass is 15.4. The third kappa shape index (κ3) is 1.39. The molecule has 0 atom stereocenters. The van der Waals surface area contributed by atoms with Crippen molar-refractivity contribution in [1.29, 1.82) is 0 Å². The quantitative estimate of drug-likeness (QED) is 0.688. The van der Waals surface area contributed by atoms with E-state index in [1.807, 2.05) is 18.2 Å². The monoisotopic (exact) mass is 161 g/mol. The van der Waals surface area contributed by atoms with Crippen LogP contribution in [0.2, 0.25) is 0 Å². The lowest BCUT2D eigenvalue weighted by Gasteiger charge is -1.97. The van der Waals surface area contributed by atoms with Crippen molar-refractivity contribution in [3.05, 3.63) is 30.6 Å². The number of nitrogens with zero attached hydrogens (tertiary/aromatic N) is 3. The van der Waals surface area contributed by atoms with Crippen LogP contribution in [0.5, 0.6) is 0 Å². The lowest BCUT2D eigenvalue weighted by Crippen LogP contribution is -1.92. The Morgan fingerprint density at radius 2 is 2.25 bits per heavy atom. The minimum absolute atomic E-state index is 0.661. The molecule has 5 heteroatoms. The van der Waals surface area contributed by atoms with Crippen LogP contribution in [0.3, 0.4) is 0 Å². The second kappa shape index (κ2) is 3.00. The minimum atomic E-state index is 0.661. The van der Waals surface area contributed by atoms with Gasteiger partial charge in [-0.3, -0.25) is 0 Å². The summed E-state index contributed by atoms with van der Waals surface area (Å²) in [6, 6.07) is 5.61. The number of rotatable bonds is 2. The topological polar surface area (TPSA) is 66.5 Å².